The Morgan fingerprint density at radius 3 is 2.54 bits per heavy atom. The van der Waals surface area contributed by atoms with E-state index in [4.69, 9.17) is 55.7 Å². The summed E-state index contributed by atoms with van der Waals surface area (Å²) >= 11 is 23.9. The first-order valence-electron chi connectivity index (χ1n) is 7.88. The quantitative estimate of drug-likeness (QED) is 0.361. The van der Waals surface area contributed by atoms with E-state index in [-0.39, 0.29) is 6.73 Å². The maximum atomic E-state index is 12.2. The van der Waals surface area contributed by atoms with Gasteiger partial charge in [0.1, 0.15) is 18.1 Å². The molecule has 0 atom stereocenters. The second kappa shape index (κ2) is 9.11. The van der Waals surface area contributed by atoms with E-state index >= 15 is 0 Å². The molecule has 28 heavy (non-hydrogen) atoms. The van der Waals surface area contributed by atoms with E-state index in [1.165, 1.54) is 18.2 Å². The fourth-order valence-corrected chi connectivity index (χ4v) is 3.32. The molecule has 0 aliphatic carbocycles. The highest BCUT2D eigenvalue weighted by atomic mass is 35.5. The summed E-state index contributed by atoms with van der Waals surface area (Å²) in [5, 5.41) is 4.92. The number of benzene rings is 1. The second-order valence-corrected chi connectivity index (χ2v) is 7.47. The predicted molar refractivity (Wildman–Crippen MR) is 110 cm³/mol. The molecule has 0 unspecified atom stereocenters. The number of methoxy groups -OCH3 is 1. The third kappa shape index (κ3) is 4.42. The number of aromatic nitrogens is 2. The van der Waals surface area contributed by atoms with Gasteiger partial charge in [-0.1, -0.05) is 57.6 Å². The summed E-state index contributed by atoms with van der Waals surface area (Å²) < 4.78 is 10.5. The Kier molecular flexibility index (Phi) is 6.80. The van der Waals surface area contributed by atoms with E-state index < -0.39 is 10.7 Å². The van der Waals surface area contributed by atoms with Crippen molar-refractivity contribution in [3.8, 4) is 22.7 Å². The third-order valence-corrected chi connectivity index (χ3v) is 4.75. The Hall–Kier alpha value is -1.83. The molecule has 0 saturated carbocycles. The number of rotatable bonds is 6. The van der Waals surface area contributed by atoms with Crippen molar-refractivity contribution < 1.29 is 14.1 Å². The molecule has 0 N–H and O–H groups in total. The van der Waals surface area contributed by atoms with Gasteiger partial charge in [-0.05, 0) is 24.3 Å². The molecular formula is C18H13Cl4N3O3. The standard InChI is InChI=1S/C18H13Cl4N3O3/c1-27-9-25(18(26)17(21)22)10-5-6-23-13(7-10)15-8-14(24-28-15)16-11(19)3-2-4-12(16)20/h2-8,17H,9H2,1H3. The zero-order chi connectivity index (χ0) is 20.3. The zero-order valence-electron chi connectivity index (χ0n) is 14.4. The Labute approximate surface area is 180 Å². The van der Waals surface area contributed by atoms with E-state index in [0.717, 1.165) is 0 Å². The maximum Gasteiger partial charge on any atom is 0.262 e. The Morgan fingerprint density at radius 2 is 1.89 bits per heavy atom. The summed E-state index contributed by atoms with van der Waals surface area (Å²) in [6.07, 6.45) is 1.52. The predicted octanol–water partition coefficient (Wildman–Crippen LogP) is 5.45. The number of nitrogens with zero attached hydrogens (tertiary/aromatic N) is 3. The van der Waals surface area contributed by atoms with Crippen LogP contribution in [0.2, 0.25) is 10.0 Å². The van der Waals surface area contributed by atoms with Gasteiger partial charge in [-0.3, -0.25) is 14.7 Å². The number of hydrogen-bond donors (Lipinski definition) is 0. The molecule has 0 aliphatic heterocycles. The van der Waals surface area contributed by atoms with Crippen molar-refractivity contribution in [2.45, 2.75) is 4.84 Å². The Bertz CT molecular complexity index is 973. The van der Waals surface area contributed by atoms with Crippen LogP contribution in [0.3, 0.4) is 0 Å². The van der Waals surface area contributed by atoms with E-state index in [2.05, 4.69) is 10.1 Å². The summed E-state index contributed by atoms with van der Waals surface area (Å²) in [6, 6.07) is 10.1. The van der Waals surface area contributed by atoms with Crippen LogP contribution in [-0.2, 0) is 9.53 Å². The van der Waals surface area contributed by atoms with Crippen molar-refractivity contribution in [1.29, 1.82) is 0 Å². The largest absolute Gasteiger partial charge is 0.364 e. The number of anilines is 1. The van der Waals surface area contributed by atoms with Gasteiger partial charge in [-0.25, -0.2) is 0 Å². The minimum atomic E-state index is -1.23. The van der Waals surface area contributed by atoms with Gasteiger partial charge < -0.3 is 9.26 Å². The highest BCUT2D eigenvalue weighted by Gasteiger charge is 2.23. The average molecular weight is 461 g/mol. The van der Waals surface area contributed by atoms with Crippen LogP contribution < -0.4 is 4.90 Å². The fourth-order valence-electron chi connectivity index (χ4n) is 2.49. The topological polar surface area (TPSA) is 68.5 Å². The van der Waals surface area contributed by atoms with Crippen molar-refractivity contribution in [1.82, 2.24) is 10.1 Å². The molecule has 146 valence electrons. The summed E-state index contributed by atoms with van der Waals surface area (Å²) in [5.41, 5.74) is 1.94. The number of carbonyl (C=O) groups is 1. The van der Waals surface area contributed by atoms with Crippen molar-refractivity contribution in [2.24, 2.45) is 0 Å². The summed E-state index contributed by atoms with van der Waals surface area (Å²) in [6.45, 7) is -0.0326. The molecule has 0 saturated heterocycles. The van der Waals surface area contributed by atoms with Crippen LogP contribution >= 0.6 is 46.4 Å². The van der Waals surface area contributed by atoms with Gasteiger partial charge in [-0.2, -0.15) is 0 Å². The van der Waals surface area contributed by atoms with Gasteiger partial charge in [0, 0.05) is 30.6 Å². The van der Waals surface area contributed by atoms with E-state index in [9.17, 15) is 4.79 Å². The lowest BCUT2D eigenvalue weighted by Crippen LogP contribution is -2.36. The smallest absolute Gasteiger partial charge is 0.262 e. The molecule has 0 fully saturated rings. The lowest BCUT2D eigenvalue weighted by Gasteiger charge is -2.22. The molecule has 3 aromatic rings. The molecule has 6 nitrogen and oxygen atoms in total. The lowest BCUT2D eigenvalue weighted by atomic mass is 10.1. The van der Waals surface area contributed by atoms with Crippen LogP contribution in [0.5, 0.6) is 0 Å². The van der Waals surface area contributed by atoms with Crippen LogP contribution in [0, 0.1) is 0 Å². The monoisotopic (exact) mass is 459 g/mol. The Morgan fingerprint density at radius 1 is 1.18 bits per heavy atom. The Balaban J connectivity index is 1.97. The highest BCUT2D eigenvalue weighted by molar-refractivity contribution is 6.54. The molecule has 0 radical (unpaired) electrons. The number of ether oxygens (including phenoxy) is 1. The van der Waals surface area contributed by atoms with Gasteiger partial charge >= 0.3 is 0 Å². The molecule has 1 aromatic carbocycles. The van der Waals surface area contributed by atoms with E-state index in [1.807, 2.05) is 0 Å². The van der Waals surface area contributed by atoms with Crippen LogP contribution in [0.15, 0.2) is 47.1 Å². The van der Waals surface area contributed by atoms with Crippen LogP contribution in [0.4, 0.5) is 5.69 Å². The van der Waals surface area contributed by atoms with Crippen molar-refractivity contribution >= 4 is 58.0 Å². The third-order valence-electron chi connectivity index (χ3n) is 3.75. The summed E-state index contributed by atoms with van der Waals surface area (Å²) in [7, 11) is 1.45. The van der Waals surface area contributed by atoms with Gasteiger partial charge in [0.2, 0.25) is 0 Å². The van der Waals surface area contributed by atoms with Crippen LogP contribution in [-0.4, -0.2) is 34.7 Å². The van der Waals surface area contributed by atoms with Gasteiger partial charge in [-0.15, -0.1) is 0 Å². The summed E-state index contributed by atoms with van der Waals surface area (Å²) in [5.74, 6) is -0.158. The minimum Gasteiger partial charge on any atom is -0.364 e. The van der Waals surface area contributed by atoms with Gasteiger partial charge in [0.15, 0.2) is 10.6 Å². The first kappa shape index (κ1) is 20.9. The highest BCUT2D eigenvalue weighted by Crippen LogP contribution is 2.36. The number of pyridine rings is 1. The zero-order valence-corrected chi connectivity index (χ0v) is 17.4. The number of amides is 1. The normalized spacial score (nSPS) is 11.1. The molecule has 10 heteroatoms. The molecule has 1 amide bonds. The molecule has 2 heterocycles. The molecule has 2 aromatic heterocycles. The average Bonchev–Trinajstić information content (AvgIpc) is 3.15. The molecule has 0 spiro atoms. The van der Waals surface area contributed by atoms with Gasteiger partial charge in [0.25, 0.3) is 5.91 Å². The van der Waals surface area contributed by atoms with Crippen molar-refractivity contribution in [3.05, 3.63) is 52.6 Å². The molecular weight excluding hydrogens is 448 g/mol. The van der Waals surface area contributed by atoms with Crippen LogP contribution in [0.25, 0.3) is 22.7 Å². The van der Waals surface area contributed by atoms with Gasteiger partial charge in [0.05, 0.1) is 10.0 Å². The maximum absolute atomic E-state index is 12.2. The number of halogens is 4. The summed E-state index contributed by atoms with van der Waals surface area (Å²) in [4.78, 5) is 16.6. The number of alkyl halides is 2. The first-order chi connectivity index (χ1) is 13.4. The lowest BCUT2D eigenvalue weighted by molar-refractivity contribution is -0.118. The SMILES string of the molecule is COCN(C(=O)C(Cl)Cl)c1ccnc(-c2cc(-c3c(Cl)cccc3Cl)no2)c1. The van der Waals surface area contributed by atoms with Crippen molar-refractivity contribution in [2.75, 3.05) is 18.7 Å². The number of hydrogen-bond acceptors (Lipinski definition) is 5. The molecule has 0 bridgehead atoms. The minimum absolute atomic E-state index is 0.0326. The fraction of sp³-hybridized carbons (Fsp3) is 0.167. The number of carbonyl (C=O) groups excluding carboxylic acids is 1. The molecule has 0 aliphatic rings. The van der Waals surface area contributed by atoms with E-state index in [1.54, 1.807) is 36.4 Å². The van der Waals surface area contributed by atoms with Crippen LogP contribution in [0.1, 0.15) is 0 Å². The van der Waals surface area contributed by atoms with Crippen molar-refractivity contribution in [3.63, 3.8) is 0 Å². The first-order valence-corrected chi connectivity index (χ1v) is 9.51. The van der Waals surface area contributed by atoms with E-state index in [0.29, 0.717) is 38.4 Å². The molecule has 3 rings (SSSR count). The second-order valence-electron chi connectivity index (χ2n) is 5.56.